The molecule has 2 heterocycles. The summed E-state index contributed by atoms with van der Waals surface area (Å²) in [5, 5.41) is 2.88. The van der Waals surface area contributed by atoms with E-state index in [0.29, 0.717) is 16.9 Å². The average Bonchev–Trinajstić information content (AvgIpc) is 3.61. The Bertz CT molecular complexity index is 1240. The second-order valence-corrected chi connectivity index (χ2v) is 9.79. The quantitative estimate of drug-likeness (QED) is 0.642. The van der Waals surface area contributed by atoms with Crippen LogP contribution in [0.2, 0.25) is 0 Å². The molecule has 2 aromatic carbocycles. The van der Waals surface area contributed by atoms with Crippen LogP contribution in [0.25, 0.3) is 0 Å². The first kappa shape index (κ1) is 23.1. The Morgan fingerprint density at radius 1 is 1.11 bits per heavy atom. The highest BCUT2D eigenvalue weighted by molar-refractivity contribution is 6.16. The molecule has 0 bridgehead atoms. The zero-order valence-electron chi connectivity index (χ0n) is 20.2. The monoisotopic (exact) mass is 475 g/mol. The van der Waals surface area contributed by atoms with E-state index >= 15 is 0 Å². The van der Waals surface area contributed by atoms with E-state index < -0.39 is 24.1 Å². The summed E-state index contributed by atoms with van der Waals surface area (Å²) >= 11 is 0. The van der Waals surface area contributed by atoms with Crippen molar-refractivity contribution in [2.45, 2.75) is 64.1 Å². The zero-order chi connectivity index (χ0) is 24.9. The Kier molecular flexibility index (Phi) is 5.62. The van der Waals surface area contributed by atoms with Crippen molar-refractivity contribution < 1.29 is 23.9 Å². The topological polar surface area (TPSA) is 96.0 Å². The molecule has 2 aliphatic heterocycles. The number of hydrogen-bond acceptors (Lipinski definition) is 5. The first-order valence-electron chi connectivity index (χ1n) is 12.1. The van der Waals surface area contributed by atoms with Gasteiger partial charge in [-0.2, -0.15) is 0 Å². The van der Waals surface area contributed by atoms with E-state index in [-0.39, 0.29) is 36.6 Å². The summed E-state index contributed by atoms with van der Waals surface area (Å²) < 4.78 is 5.54. The minimum Gasteiger partial charge on any atom is -0.452 e. The van der Waals surface area contributed by atoms with Gasteiger partial charge in [-0.1, -0.05) is 44.2 Å². The Morgan fingerprint density at radius 2 is 1.86 bits per heavy atom. The smallest absolute Gasteiger partial charge is 0.354 e. The second-order valence-electron chi connectivity index (χ2n) is 9.79. The number of fused-ring (bicyclic) bond motifs is 3. The van der Waals surface area contributed by atoms with E-state index in [4.69, 9.17) is 4.74 Å². The second kappa shape index (κ2) is 8.52. The third kappa shape index (κ3) is 3.68. The lowest BCUT2D eigenvalue weighted by molar-refractivity contribution is -0.159. The summed E-state index contributed by atoms with van der Waals surface area (Å²) in [5.41, 5.74) is 1.87. The van der Waals surface area contributed by atoms with Crippen LogP contribution in [0, 0.1) is 6.92 Å². The van der Waals surface area contributed by atoms with Gasteiger partial charge in [-0.3, -0.25) is 19.3 Å². The zero-order valence-corrected chi connectivity index (χ0v) is 20.2. The first-order valence-corrected chi connectivity index (χ1v) is 12.1. The van der Waals surface area contributed by atoms with Crippen LogP contribution in [0.5, 0.6) is 0 Å². The van der Waals surface area contributed by atoms with Crippen LogP contribution in [0.4, 0.5) is 11.4 Å². The molecule has 2 fully saturated rings. The van der Waals surface area contributed by atoms with E-state index in [1.165, 1.54) is 9.80 Å². The number of nitrogens with one attached hydrogen (secondary N) is 1. The minimum atomic E-state index is -1.56. The summed E-state index contributed by atoms with van der Waals surface area (Å²) in [7, 11) is 0. The molecule has 1 unspecified atom stereocenters. The lowest BCUT2D eigenvalue weighted by Gasteiger charge is -2.48. The molecule has 0 spiro atoms. The highest BCUT2D eigenvalue weighted by Gasteiger charge is 2.64. The molecule has 3 amide bonds. The van der Waals surface area contributed by atoms with Crippen LogP contribution in [0.1, 0.15) is 66.9 Å². The molecule has 1 saturated carbocycles. The molecule has 5 rings (SSSR count). The number of carbonyl (C=O) groups excluding carboxylic acids is 4. The van der Waals surface area contributed by atoms with Gasteiger partial charge >= 0.3 is 5.97 Å². The molecule has 0 aromatic heterocycles. The molecule has 8 nitrogen and oxygen atoms in total. The van der Waals surface area contributed by atoms with Crippen LogP contribution in [0.15, 0.2) is 42.5 Å². The molecule has 0 radical (unpaired) electrons. The fourth-order valence-corrected chi connectivity index (χ4v) is 5.28. The number of carbonyl (C=O) groups is 4. The number of nitrogens with zero attached hydrogens (tertiary/aromatic N) is 2. The van der Waals surface area contributed by atoms with Crippen LogP contribution < -0.4 is 10.2 Å². The molecule has 2 aromatic rings. The van der Waals surface area contributed by atoms with Crippen molar-refractivity contribution in [2.75, 3.05) is 16.8 Å². The van der Waals surface area contributed by atoms with Gasteiger partial charge in [0, 0.05) is 24.6 Å². The number of hydrogen-bond donors (Lipinski definition) is 1. The van der Waals surface area contributed by atoms with Crippen molar-refractivity contribution in [2.24, 2.45) is 0 Å². The van der Waals surface area contributed by atoms with Crippen molar-refractivity contribution in [3.63, 3.8) is 0 Å². The molecule has 1 atom stereocenters. The first-order chi connectivity index (χ1) is 16.8. The standard InChI is InChI=1S/C27H29N3O5/c1-16(2)19-9-6-7-17(3)24(19)28-22(31)15-35-26(34)27-14-13-23(32)30(27)21-10-5-4-8-20(21)25(33)29(27)18-11-12-18/h4-10,16,18H,11-15H2,1-3H3,(H,28,31). The Hall–Kier alpha value is -3.68. The maximum absolute atomic E-state index is 13.7. The number of aryl methyl sites for hydroxylation is 1. The van der Waals surface area contributed by atoms with E-state index in [1.54, 1.807) is 24.3 Å². The van der Waals surface area contributed by atoms with Crippen molar-refractivity contribution in [3.05, 3.63) is 59.2 Å². The van der Waals surface area contributed by atoms with Crippen molar-refractivity contribution in [1.29, 1.82) is 0 Å². The minimum absolute atomic E-state index is 0.118. The summed E-state index contributed by atoms with van der Waals surface area (Å²) in [6, 6.07) is 12.5. The molecule has 182 valence electrons. The van der Waals surface area contributed by atoms with Crippen molar-refractivity contribution in [3.8, 4) is 0 Å². The van der Waals surface area contributed by atoms with Crippen LogP contribution in [-0.4, -0.2) is 46.9 Å². The number of amides is 3. The number of esters is 1. The molecule has 3 aliphatic rings. The van der Waals surface area contributed by atoms with E-state index in [0.717, 1.165) is 24.0 Å². The molecule has 1 aliphatic carbocycles. The number of benzene rings is 2. The van der Waals surface area contributed by atoms with Gasteiger partial charge in [0.05, 0.1) is 11.3 Å². The van der Waals surface area contributed by atoms with Gasteiger partial charge < -0.3 is 15.0 Å². The van der Waals surface area contributed by atoms with Gasteiger partial charge in [0.1, 0.15) is 0 Å². The summed E-state index contributed by atoms with van der Waals surface area (Å²) in [6.45, 7) is 5.48. The molecule has 1 N–H and O–H groups in total. The molecular formula is C27H29N3O5. The fraction of sp³-hybridized carbons (Fsp3) is 0.407. The van der Waals surface area contributed by atoms with Crippen molar-refractivity contribution in [1.82, 2.24) is 4.90 Å². The summed E-state index contributed by atoms with van der Waals surface area (Å²) in [5.74, 6) is -1.54. The third-order valence-electron chi connectivity index (χ3n) is 7.06. The van der Waals surface area contributed by atoms with E-state index in [1.807, 2.05) is 39.0 Å². The van der Waals surface area contributed by atoms with Crippen LogP contribution >= 0.6 is 0 Å². The normalized spacial score (nSPS) is 21.1. The van der Waals surface area contributed by atoms with E-state index in [2.05, 4.69) is 5.32 Å². The van der Waals surface area contributed by atoms with Gasteiger partial charge in [-0.25, -0.2) is 4.79 Å². The van der Waals surface area contributed by atoms with Crippen LogP contribution in [0.3, 0.4) is 0 Å². The Morgan fingerprint density at radius 3 is 2.57 bits per heavy atom. The number of para-hydroxylation sites is 2. The highest BCUT2D eigenvalue weighted by Crippen LogP contribution is 2.49. The predicted octanol–water partition coefficient (Wildman–Crippen LogP) is 3.74. The Labute approximate surface area is 204 Å². The maximum atomic E-state index is 13.7. The highest BCUT2D eigenvalue weighted by atomic mass is 16.5. The molecule has 1 saturated heterocycles. The number of rotatable bonds is 6. The third-order valence-corrected chi connectivity index (χ3v) is 7.06. The lowest BCUT2D eigenvalue weighted by atomic mass is 9.96. The van der Waals surface area contributed by atoms with Crippen molar-refractivity contribution >= 4 is 35.1 Å². The molecule has 8 heteroatoms. The average molecular weight is 476 g/mol. The Balaban J connectivity index is 1.41. The van der Waals surface area contributed by atoms with Gasteiger partial charge in [0.15, 0.2) is 6.61 Å². The van der Waals surface area contributed by atoms with Gasteiger partial charge in [-0.05, 0) is 48.9 Å². The van der Waals surface area contributed by atoms with E-state index in [9.17, 15) is 19.2 Å². The fourth-order valence-electron chi connectivity index (χ4n) is 5.28. The summed E-state index contributed by atoms with van der Waals surface area (Å²) in [6.07, 6.45) is 1.78. The lowest BCUT2D eigenvalue weighted by Crippen LogP contribution is -2.69. The van der Waals surface area contributed by atoms with Gasteiger partial charge in [0.25, 0.3) is 11.8 Å². The number of ether oxygens (including phenoxy) is 1. The van der Waals surface area contributed by atoms with Crippen LogP contribution in [-0.2, 0) is 19.1 Å². The van der Waals surface area contributed by atoms with Gasteiger partial charge in [-0.15, -0.1) is 0 Å². The molecular weight excluding hydrogens is 446 g/mol. The largest absolute Gasteiger partial charge is 0.452 e. The van der Waals surface area contributed by atoms with Gasteiger partial charge in [0.2, 0.25) is 11.6 Å². The maximum Gasteiger partial charge on any atom is 0.354 e. The SMILES string of the molecule is Cc1cccc(C(C)C)c1NC(=O)COC(=O)C12CCC(=O)N1c1ccccc1C(=O)N2C1CC1. The molecule has 35 heavy (non-hydrogen) atoms. The predicted molar refractivity (Wildman–Crippen MR) is 130 cm³/mol. The summed E-state index contributed by atoms with van der Waals surface area (Å²) in [4.78, 5) is 55.9. The number of anilines is 2.